The molecular weight excluding hydrogens is 342 g/mol. The fourth-order valence-corrected chi connectivity index (χ4v) is 3.94. The Balaban J connectivity index is 1.80. The maximum atomic E-state index is 6.42. The third-order valence-corrected chi connectivity index (χ3v) is 5.24. The standard InChI is InChI=1S/C26H19NO/c1-4-12-20(13-5-1)25-23-18-10-11-19-24(23)26(28-27-25,21-14-6-2-7-15-21)22-16-8-3-9-17-22/h1-19H. The minimum absolute atomic E-state index is 0.780. The van der Waals surface area contributed by atoms with E-state index in [0.29, 0.717) is 0 Å². The topological polar surface area (TPSA) is 21.6 Å². The maximum absolute atomic E-state index is 6.42. The molecule has 0 unspecified atom stereocenters. The van der Waals surface area contributed by atoms with Gasteiger partial charge >= 0.3 is 0 Å². The summed E-state index contributed by atoms with van der Waals surface area (Å²) in [5.74, 6) is 0. The number of rotatable bonds is 3. The molecule has 134 valence electrons. The van der Waals surface area contributed by atoms with Gasteiger partial charge < -0.3 is 4.84 Å². The van der Waals surface area contributed by atoms with E-state index < -0.39 is 5.60 Å². The lowest BCUT2D eigenvalue weighted by Crippen LogP contribution is -2.36. The molecule has 0 N–H and O–H groups in total. The van der Waals surface area contributed by atoms with E-state index in [1.165, 1.54) is 0 Å². The molecule has 0 spiro atoms. The van der Waals surface area contributed by atoms with Crippen LogP contribution in [-0.4, -0.2) is 5.71 Å². The molecule has 1 heterocycles. The maximum Gasteiger partial charge on any atom is 0.213 e. The van der Waals surface area contributed by atoms with Gasteiger partial charge in [0, 0.05) is 27.8 Å². The number of hydrogen-bond donors (Lipinski definition) is 0. The van der Waals surface area contributed by atoms with Crippen molar-refractivity contribution in [2.24, 2.45) is 5.16 Å². The second kappa shape index (κ2) is 6.82. The van der Waals surface area contributed by atoms with E-state index >= 15 is 0 Å². The highest BCUT2D eigenvalue weighted by atomic mass is 16.7. The predicted molar refractivity (Wildman–Crippen MR) is 112 cm³/mol. The van der Waals surface area contributed by atoms with Crippen molar-refractivity contribution in [3.05, 3.63) is 143 Å². The lowest BCUT2D eigenvalue weighted by atomic mass is 9.76. The van der Waals surface area contributed by atoms with E-state index in [1.54, 1.807) is 0 Å². The second-order valence-corrected chi connectivity index (χ2v) is 6.86. The van der Waals surface area contributed by atoms with Crippen molar-refractivity contribution in [2.75, 3.05) is 0 Å². The Bertz CT molecular complexity index is 1080. The summed E-state index contributed by atoms with van der Waals surface area (Å²) in [7, 11) is 0. The molecule has 0 amide bonds. The summed E-state index contributed by atoms with van der Waals surface area (Å²) in [5.41, 5.74) is 5.43. The minimum atomic E-state index is -0.780. The Morgan fingerprint density at radius 1 is 0.536 bits per heavy atom. The Morgan fingerprint density at radius 2 is 1.04 bits per heavy atom. The number of fused-ring (bicyclic) bond motifs is 1. The van der Waals surface area contributed by atoms with Gasteiger partial charge in [-0.05, 0) is 0 Å². The summed E-state index contributed by atoms with van der Waals surface area (Å²) >= 11 is 0. The van der Waals surface area contributed by atoms with Gasteiger partial charge in [0.25, 0.3) is 0 Å². The van der Waals surface area contributed by atoms with Gasteiger partial charge in [-0.25, -0.2) is 0 Å². The highest BCUT2D eigenvalue weighted by molar-refractivity contribution is 6.14. The van der Waals surface area contributed by atoms with Crippen LogP contribution >= 0.6 is 0 Å². The van der Waals surface area contributed by atoms with Crippen LogP contribution in [-0.2, 0) is 10.4 Å². The molecule has 0 saturated heterocycles. The molecule has 2 heteroatoms. The molecule has 0 bridgehead atoms. The van der Waals surface area contributed by atoms with Crippen LogP contribution in [0.15, 0.2) is 120 Å². The van der Waals surface area contributed by atoms with Crippen molar-refractivity contribution in [3.8, 4) is 0 Å². The number of oxime groups is 1. The van der Waals surface area contributed by atoms with Crippen LogP contribution in [0.1, 0.15) is 27.8 Å². The zero-order valence-corrected chi connectivity index (χ0v) is 15.3. The van der Waals surface area contributed by atoms with Crippen LogP contribution in [0.2, 0.25) is 0 Å². The molecular formula is C26H19NO. The summed E-state index contributed by atoms with van der Waals surface area (Å²) < 4.78 is 0. The first-order chi connectivity index (χ1) is 13.9. The molecule has 0 aromatic heterocycles. The van der Waals surface area contributed by atoms with Crippen molar-refractivity contribution >= 4 is 5.71 Å². The molecule has 4 aromatic rings. The molecule has 4 aromatic carbocycles. The Morgan fingerprint density at radius 3 is 1.64 bits per heavy atom. The monoisotopic (exact) mass is 361 g/mol. The first-order valence-corrected chi connectivity index (χ1v) is 9.42. The third kappa shape index (κ3) is 2.54. The van der Waals surface area contributed by atoms with Crippen LogP contribution in [0.5, 0.6) is 0 Å². The number of hydrogen-bond acceptors (Lipinski definition) is 2. The van der Waals surface area contributed by atoms with Crippen molar-refractivity contribution in [2.45, 2.75) is 5.60 Å². The Hall–Kier alpha value is -3.65. The second-order valence-electron chi connectivity index (χ2n) is 6.86. The molecule has 0 aliphatic carbocycles. The summed E-state index contributed by atoms with van der Waals surface area (Å²) in [5, 5.41) is 4.66. The molecule has 0 saturated carbocycles. The zero-order valence-electron chi connectivity index (χ0n) is 15.3. The Labute approximate surface area is 164 Å². The molecule has 1 aliphatic heterocycles. The molecule has 0 atom stereocenters. The van der Waals surface area contributed by atoms with Gasteiger partial charge in [-0.15, -0.1) is 0 Å². The first kappa shape index (κ1) is 16.5. The largest absolute Gasteiger partial charge is 0.374 e. The predicted octanol–water partition coefficient (Wildman–Crippen LogP) is 5.76. The van der Waals surface area contributed by atoms with E-state index in [9.17, 15) is 0 Å². The van der Waals surface area contributed by atoms with Crippen molar-refractivity contribution < 1.29 is 4.84 Å². The molecule has 28 heavy (non-hydrogen) atoms. The van der Waals surface area contributed by atoms with Gasteiger partial charge in [0.2, 0.25) is 5.60 Å². The smallest absolute Gasteiger partial charge is 0.213 e. The average Bonchev–Trinajstić information content (AvgIpc) is 2.80. The summed E-state index contributed by atoms with van der Waals surface area (Å²) in [6.07, 6.45) is 0. The SMILES string of the molecule is c1ccc(C2=NOC(c3ccccc3)(c3ccccc3)c3ccccc32)cc1. The fourth-order valence-electron chi connectivity index (χ4n) is 3.94. The van der Waals surface area contributed by atoms with E-state index in [4.69, 9.17) is 4.84 Å². The number of benzene rings is 4. The minimum Gasteiger partial charge on any atom is -0.374 e. The lowest BCUT2D eigenvalue weighted by molar-refractivity contribution is 0.0132. The summed E-state index contributed by atoms with van der Waals surface area (Å²) in [6.45, 7) is 0. The summed E-state index contributed by atoms with van der Waals surface area (Å²) in [4.78, 5) is 6.42. The van der Waals surface area contributed by atoms with Gasteiger partial charge in [0.1, 0.15) is 5.71 Å². The van der Waals surface area contributed by atoms with Crippen LogP contribution in [0.3, 0.4) is 0 Å². The fraction of sp³-hybridized carbons (Fsp3) is 0.0385. The first-order valence-electron chi connectivity index (χ1n) is 9.42. The zero-order chi connectivity index (χ0) is 18.8. The Kier molecular flexibility index (Phi) is 4.02. The van der Waals surface area contributed by atoms with Gasteiger partial charge in [-0.1, -0.05) is 120 Å². The van der Waals surface area contributed by atoms with Crippen LogP contribution in [0.4, 0.5) is 0 Å². The third-order valence-electron chi connectivity index (χ3n) is 5.24. The van der Waals surface area contributed by atoms with Crippen LogP contribution < -0.4 is 0 Å². The molecule has 0 fully saturated rings. The van der Waals surface area contributed by atoms with E-state index in [0.717, 1.165) is 33.5 Å². The quantitative estimate of drug-likeness (QED) is 0.454. The lowest BCUT2D eigenvalue weighted by Gasteiger charge is -2.37. The van der Waals surface area contributed by atoms with Crippen molar-refractivity contribution in [3.63, 3.8) is 0 Å². The van der Waals surface area contributed by atoms with Crippen molar-refractivity contribution in [1.82, 2.24) is 0 Å². The number of nitrogens with zero attached hydrogens (tertiary/aromatic N) is 1. The molecule has 2 nitrogen and oxygen atoms in total. The van der Waals surface area contributed by atoms with E-state index in [2.05, 4.69) is 65.8 Å². The van der Waals surface area contributed by atoms with Gasteiger partial charge in [0.15, 0.2) is 0 Å². The normalized spacial score (nSPS) is 14.5. The molecule has 0 radical (unpaired) electrons. The van der Waals surface area contributed by atoms with Crippen LogP contribution in [0, 0.1) is 0 Å². The van der Waals surface area contributed by atoms with Crippen molar-refractivity contribution in [1.29, 1.82) is 0 Å². The average molecular weight is 361 g/mol. The highest BCUT2D eigenvalue weighted by Gasteiger charge is 2.44. The summed E-state index contributed by atoms with van der Waals surface area (Å²) in [6, 6.07) is 39.2. The van der Waals surface area contributed by atoms with E-state index in [1.807, 2.05) is 54.6 Å². The molecule has 1 aliphatic rings. The van der Waals surface area contributed by atoms with E-state index in [-0.39, 0.29) is 0 Å². The molecule has 5 rings (SSSR count). The highest BCUT2D eigenvalue weighted by Crippen LogP contribution is 2.45. The van der Waals surface area contributed by atoms with Crippen LogP contribution in [0.25, 0.3) is 0 Å². The van der Waals surface area contributed by atoms with Gasteiger partial charge in [0.05, 0.1) is 0 Å². The van der Waals surface area contributed by atoms with Gasteiger partial charge in [-0.2, -0.15) is 0 Å². The van der Waals surface area contributed by atoms with Gasteiger partial charge in [-0.3, -0.25) is 0 Å².